The first-order valence-corrected chi connectivity index (χ1v) is 4.33. The Morgan fingerprint density at radius 2 is 2.08 bits per heavy atom. The number of rotatable bonds is 6. The van der Waals surface area contributed by atoms with E-state index in [-0.39, 0.29) is 4.86 Å². The molecule has 7 heteroatoms. The van der Waals surface area contributed by atoms with Gasteiger partial charge in [-0.25, -0.2) is 0 Å². The maximum Gasteiger partial charge on any atom is 0.236 e. The van der Waals surface area contributed by atoms with Crippen LogP contribution < -0.4 is 0 Å². The molecule has 0 saturated carbocycles. The molecule has 0 N–H and O–H groups in total. The fourth-order valence-corrected chi connectivity index (χ4v) is 1.27. The third-order valence-corrected chi connectivity index (χ3v) is 2.45. The number of thiocarbonyl (C=S) groups is 1. The summed E-state index contributed by atoms with van der Waals surface area (Å²) >= 11 is 8.84. The van der Waals surface area contributed by atoms with Crippen LogP contribution in [0, 0.1) is 10.1 Å². The first-order valence-electron chi connectivity index (χ1n) is 3.41. The zero-order valence-corrected chi connectivity index (χ0v) is 9.01. The molecule has 0 aliphatic heterocycles. The van der Waals surface area contributed by atoms with E-state index in [2.05, 4.69) is 12.6 Å². The Morgan fingerprint density at radius 1 is 1.62 bits per heavy atom. The van der Waals surface area contributed by atoms with Crippen molar-refractivity contribution >= 4 is 29.7 Å². The zero-order valence-electron chi connectivity index (χ0n) is 7.30. The number of thiol groups is 1. The monoisotopic (exact) mass is 225 g/mol. The van der Waals surface area contributed by atoms with Crippen LogP contribution in [0.2, 0.25) is 0 Å². The minimum Gasteiger partial charge on any atom is -0.354 e. The summed E-state index contributed by atoms with van der Waals surface area (Å²) in [6.45, 7) is -0.396. The van der Waals surface area contributed by atoms with Crippen molar-refractivity contribution in [2.45, 2.75) is 11.5 Å². The minimum absolute atomic E-state index is 0.196. The smallest absolute Gasteiger partial charge is 0.236 e. The minimum atomic E-state index is -0.643. The molecular weight excluding hydrogens is 214 g/mol. The van der Waals surface area contributed by atoms with E-state index in [1.807, 2.05) is 0 Å². The van der Waals surface area contributed by atoms with Crippen molar-refractivity contribution in [1.29, 1.82) is 0 Å². The quantitative estimate of drug-likeness (QED) is 0.235. The average molecular weight is 225 g/mol. The molecular formula is C6H11NO4S2. The van der Waals surface area contributed by atoms with Gasteiger partial charge in [0.15, 0.2) is 6.29 Å². The van der Waals surface area contributed by atoms with Crippen molar-refractivity contribution < 1.29 is 14.4 Å². The first kappa shape index (κ1) is 12.8. The van der Waals surface area contributed by atoms with Crippen LogP contribution in [0.15, 0.2) is 0 Å². The standard InChI is InChI=1S/C6H11NO4S2/c1-10-6(11-2)5(13)4(12)3-7(8)9/h5-6,13H,3H2,1-2H3. The molecule has 0 aromatic carbocycles. The Morgan fingerprint density at radius 3 is 2.38 bits per heavy atom. The Labute approximate surface area is 87.0 Å². The summed E-state index contributed by atoms with van der Waals surface area (Å²) in [5.74, 6) is 0. The lowest BCUT2D eigenvalue weighted by Crippen LogP contribution is -2.34. The summed E-state index contributed by atoms with van der Waals surface area (Å²) in [6.07, 6.45) is -0.643. The Kier molecular flexibility index (Phi) is 6.13. The second-order valence-electron chi connectivity index (χ2n) is 2.24. The zero-order chi connectivity index (χ0) is 10.4. The van der Waals surface area contributed by atoms with Crippen LogP contribution in [0.4, 0.5) is 0 Å². The number of nitrogens with zero attached hydrogens (tertiary/aromatic N) is 1. The molecule has 1 unspecified atom stereocenters. The molecule has 0 radical (unpaired) electrons. The van der Waals surface area contributed by atoms with Crippen molar-refractivity contribution in [3.05, 3.63) is 10.1 Å². The van der Waals surface area contributed by atoms with Crippen molar-refractivity contribution in [2.75, 3.05) is 20.8 Å². The molecule has 0 aromatic rings. The second kappa shape index (κ2) is 6.25. The van der Waals surface area contributed by atoms with Gasteiger partial charge in [0, 0.05) is 19.1 Å². The summed E-state index contributed by atoms with van der Waals surface area (Å²) < 4.78 is 9.71. The molecule has 5 nitrogen and oxygen atoms in total. The van der Waals surface area contributed by atoms with E-state index < -0.39 is 23.0 Å². The Hall–Kier alpha value is -0.240. The van der Waals surface area contributed by atoms with Crippen molar-refractivity contribution in [1.82, 2.24) is 0 Å². The fourth-order valence-electron chi connectivity index (χ4n) is 0.727. The second-order valence-corrected chi connectivity index (χ2v) is 3.32. The highest BCUT2D eigenvalue weighted by Crippen LogP contribution is 2.09. The van der Waals surface area contributed by atoms with Gasteiger partial charge in [-0.3, -0.25) is 10.1 Å². The predicted octanol–water partition coefficient (Wildman–Crippen LogP) is 0.550. The Bertz CT molecular complexity index is 195. The number of hydrogen-bond acceptors (Lipinski definition) is 6. The average Bonchev–Trinajstić information content (AvgIpc) is 2.05. The summed E-state index contributed by atoms with van der Waals surface area (Å²) in [5, 5.41) is 9.56. The van der Waals surface area contributed by atoms with Crippen LogP contribution in [0.25, 0.3) is 0 Å². The molecule has 0 rings (SSSR count). The van der Waals surface area contributed by atoms with Gasteiger partial charge in [-0.1, -0.05) is 12.2 Å². The molecule has 0 aliphatic rings. The van der Waals surface area contributed by atoms with Crippen molar-refractivity contribution in [3.8, 4) is 0 Å². The van der Waals surface area contributed by atoms with E-state index in [0.717, 1.165) is 0 Å². The third-order valence-electron chi connectivity index (χ3n) is 1.34. The third kappa shape index (κ3) is 4.51. The molecule has 0 fully saturated rings. The van der Waals surface area contributed by atoms with Crippen LogP contribution in [-0.2, 0) is 9.47 Å². The lowest BCUT2D eigenvalue weighted by molar-refractivity contribution is -0.462. The van der Waals surface area contributed by atoms with Crippen LogP contribution in [0.5, 0.6) is 0 Å². The van der Waals surface area contributed by atoms with E-state index in [1.165, 1.54) is 14.2 Å². The van der Waals surface area contributed by atoms with Crippen LogP contribution in [-0.4, -0.2) is 42.1 Å². The number of methoxy groups -OCH3 is 2. The Balaban J connectivity index is 4.14. The van der Waals surface area contributed by atoms with Gasteiger partial charge < -0.3 is 9.47 Å². The van der Waals surface area contributed by atoms with E-state index in [9.17, 15) is 10.1 Å². The van der Waals surface area contributed by atoms with Gasteiger partial charge in [0.1, 0.15) is 0 Å². The maximum atomic E-state index is 10.1. The summed E-state index contributed by atoms with van der Waals surface area (Å²) in [7, 11) is 2.85. The molecule has 0 bridgehead atoms. The fraction of sp³-hybridized carbons (Fsp3) is 0.833. The highest BCUT2D eigenvalue weighted by molar-refractivity contribution is 7.86. The van der Waals surface area contributed by atoms with Crippen LogP contribution in [0.1, 0.15) is 0 Å². The molecule has 13 heavy (non-hydrogen) atoms. The largest absolute Gasteiger partial charge is 0.354 e. The number of nitro groups is 1. The van der Waals surface area contributed by atoms with Crippen molar-refractivity contribution in [3.63, 3.8) is 0 Å². The van der Waals surface area contributed by atoms with E-state index in [1.54, 1.807) is 0 Å². The lowest BCUT2D eigenvalue weighted by atomic mass is 10.3. The van der Waals surface area contributed by atoms with Gasteiger partial charge >= 0.3 is 0 Å². The van der Waals surface area contributed by atoms with Crippen molar-refractivity contribution in [2.24, 2.45) is 0 Å². The van der Waals surface area contributed by atoms with Gasteiger partial charge in [-0.2, -0.15) is 12.6 Å². The van der Waals surface area contributed by atoms with E-state index in [0.29, 0.717) is 0 Å². The topological polar surface area (TPSA) is 61.6 Å². The van der Waals surface area contributed by atoms with Gasteiger partial charge in [0.05, 0.1) is 10.1 Å². The normalized spacial score (nSPS) is 12.9. The molecule has 0 aromatic heterocycles. The lowest BCUT2D eigenvalue weighted by Gasteiger charge is -2.19. The highest BCUT2D eigenvalue weighted by atomic mass is 32.1. The van der Waals surface area contributed by atoms with Gasteiger partial charge in [0.2, 0.25) is 6.54 Å². The van der Waals surface area contributed by atoms with Gasteiger partial charge in [-0.15, -0.1) is 0 Å². The van der Waals surface area contributed by atoms with Gasteiger partial charge in [0.25, 0.3) is 0 Å². The molecule has 0 saturated heterocycles. The molecule has 0 amide bonds. The highest BCUT2D eigenvalue weighted by Gasteiger charge is 2.24. The number of hydrogen-bond donors (Lipinski definition) is 1. The SMILES string of the molecule is COC(OC)C(S)C(=S)C[N+](=O)[O-]. The molecule has 0 heterocycles. The van der Waals surface area contributed by atoms with Crippen LogP contribution in [0.3, 0.4) is 0 Å². The molecule has 1 atom stereocenters. The summed E-state index contributed by atoms with van der Waals surface area (Å²) in [5.41, 5.74) is 0. The first-order chi connectivity index (χ1) is 6.02. The molecule has 0 aliphatic carbocycles. The number of ether oxygens (including phenoxy) is 2. The van der Waals surface area contributed by atoms with Gasteiger partial charge in [-0.05, 0) is 0 Å². The molecule has 76 valence electrons. The predicted molar refractivity (Wildman–Crippen MR) is 55.0 cm³/mol. The molecule has 0 spiro atoms. The van der Waals surface area contributed by atoms with E-state index in [4.69, 9.17) is 21.7 Å². The summed E-state index contributed by atoms with van der Waals surface area (Å²) in [6, 6.07) is 0. The maximum absolute atomic E-state index is 10.1. The van der Waals surface area contributed by atoms with E-state index >= 15 is 0 Å². The van der Waals surface area contributed by atoms with Crippen LogP contribution >= 0.6 is 24.8 Å². The summed E-state index contributed by atoms with van der Waals surface area (Å²) in [4.78, 5) is 9.81.